The first-order chi connectivity index (χ1) is 19.4. The lowest BCUT2D eigenvalue weighted by Gasteiger charge is -2.51. The Balaban J connectivity index is 1.39. The number of fused-ring (bicyclic) bond motifs is 1. The second kappa shape index (κ2) is 12.3. The van der Waals surface area contributed by atoms with Gasteiger partial charge in [-0.15, -0.1) is 23.1 Å². The van der Waals surface area contributed by atoms with Gasteiger partial charge in [-0.25, -0.2) is 10.2 Å². The zero-order valence-corrected chi connectivity index (χ0v) is 23.1. The maximum absolute atomic E-state index is 13.8. The molecule has 2 unspecified atom stereocenters. The maximum atomic E-state index is 13.8. The van der Waals surface area contributed by atoms with Gasteiger partial charge in [0.2, 0.25) is 17.7 Å². The van der Waals surface area contributed by atoms with E-state index in [0.29, 0.717) is 5.57 Å². The number of amides is 3. The number of esters is 1. The van der Waals surface area contributed by atoms with Gasteiger partial charge in [0.05, 0.1) is 12.6 Å². The fraction of sp³-hybridized carbons (Fsp3) is 0.207. The number of hydrogen-bond acceptors (Lipinski definition) is 8. The number of nitrogens with one attached hydrogen (secondary N) is 2. The van der Waals surface area contributed by atoms with Crippen molar-refractivity contribution in [2.75, 3.05) is 0 Å². The Hall–Kier alpha value is -4.22. The van der Waals surface area contributed by atoms with Gasteiger partial charge in [0.15, 0.2) is 12.1 Å². The molecule has 3 aromatic rings. The van der Waals surface area contributed by atoms with Crippen LogP contribution in [0.5, 0.6) is 0 Å². The number of ether oxygens (including phenoxy) is 1. The van der Waals surface area contributed by atoms with E-state index < -0.39 is 35.4 Å². The average molecular weight is 575 g/mol. The number of thioether (sulfide) groups is 1. The number of hydrazone groups is 1. The van der Waals surface area contributed by atoms with Gasteiger partial charge in [0.25, 0.3) is 0 Å². The zero-order valence-electron chi connectivity index (χ0n) is 21.4. The van der Waals surface area contributed by atoms with Crippen molar-refractivity contribution in [3.8, 4) is 0 Å². The molecule has 0 radical (unpaired) electrons. The van der Waals surface area contributed by atoms with Crippen LogP contribution in [0.25, 0.3) is 0 Å². The quantitative estimate of drug-likeness (QED) is 0.175. The van der Waals surface area contributed by atoms with E-state index in [1.54, 1.807) is 5.41 Å². The fourth-order valence-corrected chi connectivity index (χ4v) is 6.41. The molecular weight excluding hydrogens is 548 g/mol. The predicted molar refractivity (Wildman–Crippen MR) is 153 cm³/mol. The summed E-state index contributed by atoms with van der Waals surface area (Å²) < 4.78 is 6.09. The van der Waals surface area contributed by atoms with Crippen LogP contribution in [0, 0.1) is 0 Å². The van der Waals surface area contributed by atoms with E-state index in [0.717, 1.165) is 16.0 Å². The molecule has 0 aliphatic carbocycles. The van der Waals surface area contributed by atoms with Crippen LogP contribution in [0.1, 0.15) is 29.0 Å². The molecule has 9 nitrogen and oxygen atoms in total. The highest BCUT2D eigenvalue weighted by atomic mass is 32.2. The second-order valence-corrected chi connectivity index (χ2v) is 11.2. The Morgan fingerprint density at radius 3 is 2.30 bits per heavy atom. The van der Waals surface area contributed by atoms with Crippen LogP contribution in [0.2, 0.25) is 0 Å². The summed E-state index contributed by atoms with van der Waals surface area (Å²) in [6, 6.07) is 20.5. The number of rotatable bonds is 9. The van der Waals surface area contributed by atoms with Crippen molar-refractivity contribution >= 4 is 53.0 Å². The third-order valence-corrected chi connectivity index (χ3v) is 8.41. The summed E-state index contributed by atoms with van der Waals surface area (Å²) in [4.78, 5) is 53.5. The molecule has 0 saturated carbocycles. The molecule has 2 aliphatic heterocycles. The molecule has 0 spiro atoms. The molecule has 3 amide bonds. The summed E-state index contributed by atoms with van der Waals surface area (Å²) in [6.45, 7) is 1.32. The zero-order chi connectivity index (χ0) is 28.1. The van der Waals surface area contributed by atoms with E-state index in [9.17, 15) is 19.2 Å². The van der Waals surface area contributed by atoms with Crippen molar-refractivity contribution in [3.05, 3.63) is 105 Å². The Morgan fingerprint density at radius 2 is 1.70 bits per heavy atom. The van der Waals surface area contributed by atoms with E-state index in [1.165, 1.54) is 41.1 Å². The number of nitrogens with zero attached hydrogens (tertiary/aromatic N) is 2. The summed E-state index contributed by atoms with van der Waals surface area (Å²) in [7, 11) is 0. The van der Waals surface area contributed by atoms with E-state index in [2.05, 4.69) is 15.8 Å². The summed E-state index contributed by atoms with van der Waals surface area (Å²) >= 11 is 2.76. The number of carbonyl (C=O) groups excluding carboxylic acids is 4. The largest absolute Gasteiger partial charge is 0.451 e. The number of benzene rings is 2. The van der Waals surface area contributed by atoms with Gasteiger partial charge < -0.3 is 15.0 Å². The van der Waals surface area contributed by atoms with Crippen molar-refractivity contribution < 1.29 is 23.9 Å². The minimum absolute atomic E-state index is 0.171. The van der Waals surface area contributed by atoms with Gasteiger partial charge in [-0.1, -0.05) is 66.7 Å². The second-order valence-electron chi connectivity index (χ2n) is 9.16. The number of hydrogen-bond donors (Lipinski definition) is 2. The van der Waals surface area contributed by atoms with Crippen molar-refractivity contribution in [2.45, 2.75) is 36.9 Å². The molecule has 0 bridgehead atoms. The lowest BCUT2D eigenvalue weighted by atomic mass is 9.97. The highest BCUT2D eigenvalue weighted by Gasteiger charge is 2.56. The van der Waals surface area contributed by atoms with E-state index >= 15 is 0 Å². The van der Waals surface area contributed by atoms with Crippen LogP contribution in [0.3, 0.4) is 0 Å². The van der Waals surface area contributed by atoms with Gasteiger partial charge in [0.1, 0.15) is 11.4 Å². The van der Waals surface area contributed by atoms with Crippen LogP contribution in [-0.4, -0.2) is 52.3 Å². The minimum atomic E-state index is -1.11. The molecule has 3 heterocycles. The number of carbonyl (C=O) groups is 4. The van der Waals surface area contributed by atoms with Crippen LogP contribution in [-0.2, 0) is 30.3 Å². The van der Waals surface area contributed by atoms with E-state index in [-0.39, 0.29) is 18.2 Å². The summed E-state index contributed by atoms with van der Waals surface area (Å²) in [5.74, 6) is -1.69. The Morgan fingerprint density at radius 1 is 1.02 bits per heavy atom. The molecule has 1 fully saturated rings. The van der Waals surface area contributed by atoms with Gasteiger partial charge in [-0.3, -0.25) is 14.4 Å². The third kappa shape index (κ3) is 6.00. The molecule has 2 aromatic carbocycles. The molecule has 1 aromatic heterocycles. The molecule has 204 valence electrons. The summed E-state index contributed by atoms with van der Waals surface area (Å²) in [5, 5.41) is 9.83. The Kier molecular flexibility index (Phi) is 8.42. The lowest BCUT2D eigenvalue weighted by Crippen LogP contribution is -2.74. The van der Waals surface area contributed by atoms with Crippen LogP contribution in [0.4, 0.5) is 0 Å². The molecule has 5 rings (SSSR count). The van der Waals surface area contributed by atoms with Crippen molar-refractivity contribution in [1.82, 2.24) is 15.6 Å². The maximum Gasteiger partial charge on any atom is 0.334 e. The van der Waals surface area contributed by atoms with Crippen LogP contribution in [0.15, 0.2) is 94.3 Å². The van der Waals surface area contributed by atoms with E-state index in [1.807, 2.05) is 78.2 Å². The molecule has 11 heteroatoms. The van der Waals surface area contributed by atoms with E-state index in [4.69, 9.17) is 4.74 Å². The normalized spacial score (nSPS) is 19.9. The molecule has 40 heavy (non-hydrogen) atoms. The molecule has 2 aliphatic rings. The van der Waals surface area contributed by atoms with Crippen molar-refractivity contribution in [1.29, 1.82) is 0 Å². The molecule has 2 N–H and O–H groups in total. The Labute approximate surface area is 239 Å². The predicted octanol–water partition coefficient (Wildman–Crippen LogP) is 3.40. The van der Waals surface area contributed by atoms with Crippen molar-refractivity contribution in [2.24, 2.45) is 5.10 Å². The molecule has 3 atom stereocenters. The number of β-lactam (4-membered cyclic amide) rings is 1. The smallest absolute Gasteiger partial charge is 0.334 e. The van der Waals surface area contributed by atoms with Crippen LogP contribution < -0.4 is 10.7 Å². The lowest BCUT2D eigenvalue weighted by molar-refractivity contribution is -0.165. The monoisotopic (exact) mass is 574 g/mol. The minimum Gasteiger partial charge on any atom is -0.451 e. The summed E-state index contributed by atoms with van der Waals surface area (Å²) in [5.41, 5.74) is 4.26. The van der Waals surface area contributed by atoms with Gasteiger partial charge in [-0.2, -0.15) is 5.10 Å². The summed E-state index contributed by atoms with van der Waals surface area (Å²) in [6.07, 6.45) is 0.797. The highest BCUT2D eigenvalue weighted by Crippen LogP contribution is 2.41. The SMILES string of the molecule is CC(=O)N/N=C/C1=CS[C@@H]2C(NC(=O)Cc3cccs3)C(=O)N2C1C(=O)OC(c1ccccc1)c1ccccc1. The first-order valence-corrected chi connectivity index (χ1v) is 14.3. The topological polar surface area (TPSA) is 117 Å². The standard InChI is InChI=1S/C29H26N4O5S2/c1-18(34)32-30-16-21-17-40-28-24(31-23(35)15-22-13-8-14-39-22)27(36)33(28)25(21)29(37)38-26(19-9-4-2-5-10-19)20-11-6-3-7-12-20/h2-14,16-17,24-26,28H,15H2,1H3,(H,31,35)(H,32,34)/b30-16+/t24?,25?,28-/m1/s1. The fourth-order valence-electron chi connectivity index (χ4n) is 4.52. The van der Waals surface area contributed by atoms with Gasteiger partial charge in [0, 0.05) is 17.4 Å². The molecule has 1 saturated heterocycles. The highest BCUT2D eigenvalue weighted by molar-refractivity contribution is 8.03. The third-order valence-electron chi connectivity index (χ3n) is 6.35. The van der Waals surface area contributed by atoms with Gasteiger partial charge >= 0.3 is 5.97 Å². The van der Waals surface area contributed by atoms with Gasteiger partial charge in [-0.05, 0) is 28.0 Å². The molecular formula is C29H26N4O5S2. The Bertz CT molecular complexity index is 1400. The van der Waals surface area contributed by atoms with Crippen LogP contribution >= 0.6 is 23.1 Å². The first kappa shape index (κ1) is 27.4. The average Bonchev–Trinajstić information content (AvgIpc) is 3.48. The number of thiophene rings is 1. The first-order valence-electron chi connectivity index (χ1n) is 12.5. The van der Waals surface area contributed by atoms with Crippen molar-refractivity contribution in [3.63, 3.8) is 0 Å².